The van der Waals surface area contributed by atoms with E-state index in [1.54, 1.807) is 17.9 Å². The van der Waals surface area contributed by atoms with Gasteiger partial charge < -0.3 is 9.64 Å². The molecule has 0 aromatic heterocycles. The molecule has 1 aliphatic heterocycles. The van der Waals surface area contributed by atoms with Crippen molar-refractivity contribution in [2.75, 3.05) is 25.4 Å². The summed E-state index contributed by atoms with van der Waals surface area (Å²) in [6.45, 7) is 7.50. The Kier molecular flexibility index (Phi) is 7.02. The maximum absolute atomic E-state index is 12.8. The second-order valence-electron chi connectivity index (χ2n) is 6.69. The zero-order valence-electron chi connectivity index (χ0n) is 15.3. The van der Waals surface area contributed by atoms with Crippen molar-refractivity contribution in [1.82, 2.24) is 4.90 Å². The lowest BCUT2D eigenvalue weighted by Gasteiger charge is -2.35. The number of rotatable bonds is 6. The average Bonchev–Trinajstić information content (AvgIpc) is 2.58. The van der Waals surface area contributed by atoms with Crippen LogP contribution in [-0.2, 0) is 9.53 Å². The van der Waals surface area contributed by atoms with Crippen LogP contribution >= 0.6 is 11.8 Å². The van der Waals surface area contributed by atoms with Crippen LogP contribution in [-0.4, -0.2) is 47.1 Å². The highest BCUT2D eigenvalue weighted by Crippen LogP contribution is 2.31. The van der Waals surface area contributed by atoms with Crippen LogP contribution in [0.1, 0.15) is 37.6 Å². The minimum Gasteiger partial charge on any atom is -0.465 e. The Balaban J connectivity index is 2.17. The first-order valence-electron chi connectivity index (χ1n) is 8.68. The first kappa shape index (κ1) is 20.2. The van der Waals surface area contributed by atoms with Crippen molar-refractivity contribution in [3.8, 4) is 0 Å². The van der Waals surface area contributed by atoms with Crippen molar-refractivity contribution in [3.05, 3.63) is 33.9 Å². The van der Waals surface area contributed by atoms with Gasteiger partial charge in [0, 0.05) is 24.7 Å². The molecule has 0 unspecified atom stereocenters. The van der Waals surface area contributed by atoms with Crippen molar-refractivity contribution in [2.24, 2.45) is 11.8 Å². The standard InChI is InChI=1S/C18H24N2O5S/c1-4-25-17(21)11-26-16-6-5-14(8-15(16)20(23)24)18(22)19-9-12(2)7-13(3)10-19/h5-6,8,12-13H,4,7,9-11H2,1-3H3/t12-,13-/m1/s1. The Labute approximate surface area is 157 Å². The first-order chi connectivity index (χ1) is 12.3. The van der Waals surface area contributed by atoms with Gasteiger partial charge in [-0.15, -0.1) is 11.8 Å². The number of nitro groups is 1. The third kappa shape index (κ3) is 5.20. The van der Waals surface area contributed by atoms with Crippen LogP contribution in [0.5, 0.6) is 0 Å². The van der Waals surface area contributed by atoms with E-state index < -0.39 is 10.9 Å². The van der Waals surface area contributed by atoms with E-state index in [0.29, 0.717) is 35.4 Å². The zero-order chi connectivity index (χ0) is 19.3. The number of piperidine rings is 1. The largest absolute Gasteiger partial charge is 0.465 e. The summed E-state index contributed by atoms with van der Waals surface area (Å²) < 4.78 is 4.83. The molecule has 1 fully saturated rings. The van der Waals surface area contributed by atoms with Gasteiger partial charge in [-0.3, -0.25) is 19.7 Å². The summed E-state index contributed by atoms with van der Waals surface area (Å²) in [7, 11) is 0. The molecule has 0 spiro atoms. The van der Waals surface area contributed by atoms with Crippen LogP contribution in [0.15, 0.2) is 23.1 Å². The molecule has 26 heavy (non-hydrogen) atoms. The van der Waals surface area contributed by atoms with Crippen molar-refractivity contribution < 1.29 is 19.2 Å². The topological polar surface area (TPSA) is 89.8 Å². The maximum atomic E-state index is 12.8. The molecule has 142 valence electrons. The van der Waals surface area contributed by atoms with Gasteiger partial charge in [-0.05, 0) is 37.3 Å². The number of amides is 1. The first-order valence-corrected chi connectivity index (χ1v) is 9.66. The second kappa shape index (κ2) is 9.02. The lowest BCUT2D eigenvalue weighted by atomic mass is 9.91. The molecular formula is C18H24N2O5S. The number of thioether (sulfide) groups is 1. The number of nitrogens with zero attached hydrogens (tertiary/aromatic N) is 2. The molecule has 2 atom stereocenters. The van der Waals surface area contributed by atoms with Crippen LogP contribution in [0.25, 0.3) is 0 Å². The fourth-order valence-corrected chi connectivity index (χ4v) is 4.07. The molecule has 1 aromatic carbocycles. The molecule has 0 aliphatic carbocycles. The van der Waals surface area contributed by atoms with Crippen molar-refractivity contribution in [3.63, 3.8) is 0 Å². The molecule has 2 rings (SSSR count). The van der Waals surface area contributed by atoms with Crippen molar-refractivity contribution >= 4 is 29.3 Å². The molecule has 1 amide bonds. The number of nitro benzene ring substituents is 1. The number of benzene rings is 1. The van der Waals surface area contributed by atoms with Gasteiger partial charge in [-0.2, -0.15) is 0 Å². The van der Waals surface area contributed by atoms with E-state index in [1.807, 2.05) is 0 Å². The fraction of sp³-hybridized carbons (Fsp3) is 0.556. The normalized spacial score (nSPS) is 19.9. The Bertz CT molecular complexity index is 684. The summed E-state index contributed by atoms with van der Waals surface area (Å²) in [6, 6.07) is 4.43. The summed E-state index contributed by atoms with van der Waals surface area (Å²) in [6.07, 6.45) is 1.08. The van der Waals surface area contributed by atoms with Gasteiger partial charge in [0.25, 0.3) is 11.6 Å². The average molecular weight is 380 g/mol. The monoisotopic (exact) mass is 380 g/mol. The Morgan fingerprint density at radius 1 is 1.31 bits per heavy atom. The maximum Gasteiger partial charge on any atom is 0.316 e. The van der Waals surface area contributed by atoms with Gasteiger partial charge in [0.05, 0.1) is 22.2 Å². The van der Waals surface area contributed by atoms with Gasteiger partial charge in [0.1, 0.15) is 0 Å². The summed E-state index contributed by atoms with van der Waals surface area (Å²) >= 11 is 1.04. The van der Waals surface area contributed by atoms with E-state index in [2.05, 4.69) is 13.8 Å². The number of hydrogen-bond acceptors (Lipinski definition) is 6. The molecule has 1 saturated heterocycles. The summed E-state index contributed by atoms with van der Waals surface area (Å²) in [5, 5.41) is 11.4. The van der Waals surface area contributed by atoms with Gasteiger partial charge in [0.15, 0.2) is 0 Å². The Morgan fingerprint density at radius 2 is 1.96 bits per heavy atom. The molecule has 1 aromatic rings. The third-order valence-electron chi connectivity index (χ3n) is 4.21. The van der Waals surface area contributed by atoms with Crippen LogP contribution in [0.2, 0.25) is 0 Å². The quantitative estimate of drug-likeness (QED) is 0.325. The van der Waals surface area contributed by atoms with Crippen LogP contribution < -0.4 is 0 Å². The number of esters is 1. The number of carbonyl (C=O) groups excluding carboxylic acids is 2. The lowest BCUT2D eigenvalue weighted by Crippen LogP contribution is -2.42. The van der Waals surface area contributed by atoms with Crippen molar-refractivity contribution in [2.45, 2.75) is 32.1 Å². The number of carbonyl (C=O) groups is 2. The van der Waals surface area contributed by atoms with E-state index >= 15 is 0 Å². The van der Waals surface area contributed by atoms with Crippen LogP contribution in [0.3, 0.4) is 0 Å². The minimum absolute atomic E-state index is 0.0108. The van der Waals surface area contributed by atoms with Gasteiger partial charge in [-0.1, -0.05) is 13.8 Å². The molecule has 0 radical (unpaired) electrons. The number of likely N-dealkylation sites (tertiary alicyclic amines) is 1. The smallest absolute Gasteiger partial charge is 0.316 e. The molecule has 1 heterocycles. The molecule has 0 N–H and O–H groups in total. The Hall–Kier alpha value is -2.09. The SMILES string of the molecule is CCOC(=O)CSc1ccc(C(=O)N2C[C@H](C)C[C@@H](C)C2)cc1[N+](=O)[O-]. The van der Waals surface area contributed by atoms with Gasteiger partial charge in [-0.25, -0.2) is 0 Å². The van der Waals surface area contributed by atoms with Crippen LogP contribution in [0.4, 0.5) is 5.69 Å². The van der Waals surface area contributed by atoms with Gasteiger partial charge in [0.2, 0.25) is 0 Å². The van der Waals surface area contributed by atoms with Crippen molar-refractivity contribution in [1.29, 1.82) is 0 Å². The molecule has 0 saturated carbocycles. The number of hydrogen-bond donors (Lipinski definition) is 0. The van der Waals surface area contributed by atoms with E-state index in [1.165, 1.54) is 12.1 Å². The number of ether oxygens (including phenoxy) is 1. The highest BCUT2D eigenvalue weighted by Gasteiger charge is 2.27. The summed E-state index contributed by atoms with van der Waals surface area (Å²) in [5.41, 5.74) is 0.140. The minimum atomic E-state index is -0.522. The van der Waals surface area contributed by atoms with Crippen LogP contribution in [0, 0.1) is 22.0 Å². The highest BCUT2D eigenvalue weighted by atomic mass is 32.2. The second-order valence-corrected chi connectivity index (χ2v) is 7.71. The molecular weight excluding hydrogens is 356 g/mol. The molecule has 7 nitrogen and oxygen atoms in total. The predicted molar refractivity (Wildman–Crippen MR) is 99.3 cm³/mol. The molecule has 8 heteroatoms. The van der Waals surface area contributed by atoms with E-state index in [-0.39, 0.29) is 24.0 Å². The summed E-state index contributed by atoms with van der Waals surface area (Å²) in [5.74, 6) is 0.203. The molecule has 0 bridgehead atoms. The van der Waals surface area contributed by atoms with E-state index in [4.69, 9.17) is 4.74 Å². The van der Waals surface area contributed by atoms with E-state index in [9.17, 15) is 19.7 Å². The highest BCUT2D eigenvalue weighted by molar-refractivity contribution is 8.00. The van der Waals surface area contributed by atoms with E-state index in [0.717, 1.165) is 18.2 Å². The Morgan fingerprint density at radius 3 is 2.54 bits per heavy atom. The predicted octanol–water partition coefficient (Wildman–Crippen LogP) is 3.37. The lowest BCUT2D eigenvalue weighted by molar-refractivity contribution is -0.387. The molecule has 1 aliphatic rings. The zero-order valence-corrected chi connectivity index (χ0v) is 16.1. The third-order valence-corrected chi connectivity index (χ3v) is 5.25. The fourth-order valence-electron chi connectivity index (χ4n) is 3.27. The van der Waals surface area contributed by atoms with Gasteiger partial charge >= 0.3 is 5.97 Å². The summed E-state index contributed by atoms with van der Waals surface area (Å²) in [4.78, 5) is 37.2.